The number of hydrogen-bond donors (Lipinski definition) is 1. The summed E-state index contributed by atoms with van der Waals surface area (Å²) >= 11 is 6.11. The predicted molar refractivity (Wildman–Crippen MR) is 99.2 cm³/mol. The summed E-state index contributed by atoms with van der Waals surface area (Å²) in [5.74, 6) is 0.0555. The van der Waals surface area contributed by atoms with Crippen LogP contribution in [0.4, 0.5) is 0 Å². The molecule has 1 saturated heterocycles. The number of benzene rings is 2. The van der Waals surface area contributed by atoms with E-state index in [1.165, 1.54) is 0 Å². The van der Waals surface area contributed by atoms with Crippen molar-refractivity contribution in [3.63, 3.8) is 0 Å². The number of amides is 1. The lowest BCUT2D eigenvalue weighted by atomic mass is 10.0. The van der Waals surface area contributed by atoms with Crippen LogP contribution in [0.5, 0.6) is 0 Å². The highest BCUT2D eigenvalue weighted by atomic mass is 35.5. The van der Waals surface area contributed by atoms with Crippen molar-refractivity contribution >= 4 is 23.3 Å². The van der Waals surface area contributed by atoms with Gasteiger partial charge in [0, 0.05) is 42.2 Å². The van der Waals surface area contributed by atoms with Gasteiger partial charge in [0.1, 0.15) is 0 Å². The van der Waals surface area contributed by atoms with E-state index in [0.29, 0.717) is 35.7 Å². The first-order valence-corrected chi connectivity index (χ1v) is 8.88. The maximum Gasteiger partial charge on any atom is 0.254 e. The van der Waals surface area contributed by atoms with Crippen molar-refractivity contribution in [1.29, 1.82) is 0 Å². The molecule has 1 amide bonds. The molecule has 1 unspecified atom stereocenters. The number of nitrogens with one attached hydrogen (secondary N) is 1. The van der Waals surface area contributed by atoms with Crippen molar-refractivity contribution in [2.45, 2.75) is 19.4 Å². The average Bonchev–Trinajstić information content (AvgIpc) is 2.67. The first-order chi connectivity index (χ1) is 12.1. The molecule has 4 nitrogen and oxygen atoms in total. The van der Waals surface area contributed by atoms with E-state index in [-0.39, 0.29) is 17.7 Å². The molecular weight excluding hydrogens is 336 g/mol. The Kier molecular flexibility index (Phi) is 5.51. The van der Waals surface area contributed by atoms with Crippen LogP contribution in [-0.4, -0.2) is 36.2 Å². The third-order valence-corrected chi connectivity index (χ3v) is 4.75. The van der Waals surface area contributed by atoms with Gasteiger partial charge in [0.05, 0.1) is 6.04 Å². The van der Waals surface area contributed by atoms with E-state index in [4.69, 9.17) is 11.6 Å². The standard InChI is InChI=1S/C20H21ClN2O2/c1-2-19(24)14-6-8-15(9-7-14)20(25)23-11-10-22-13-18(23)16-4-3-5-17(21)12-16/h3-9,12,18,22H,2,10-11,13H2,1H3. The lowest BCUT2D eigenvalue weighted by Gasteiger charge is -2.36. The highest BCUT2D eigenvalue weighted by Gasteiger charge is 2.28. The summed E-state index contributed by atoms with van der Waals surface area (Å²) in [6, 6.07) is 14.5. The molecular formula is C20H21ClN2O2. The monoisotopic (exact) mass is 356 g/mol. The van der Waals surface area contributed by atoms with Crippen LogP contribution < -0.4 is 5.32 Å². The molecule has 1 aliphatic rings. The molecule has 1 N–H and O–H groups in total. The maximum absolute atomic E-state index is 13.0. The summed E-state index contributed by atoms with van der Waals surface area (Å²) in [5.41, 5.74) is 2.26. The summed E-state index contributed by atoms with van der Waals surface area (Å²) in [6.07, 6.45) is 0.460. The fraction of sp³-hybridized carbons (Fsp3) is 0.300. The number of ketones is 1. The minimum atomic E-state index is -0.0584. The van der Waals surface area contributed by atoms with Gasteiger partial charge in [-0.2, -0.15) is 0 Å². The predicted octanol–water partition coefficient (Wildman–Crippen LogP) is 3.72. The van der Waals surface area contributed by atoms with Gasteiger partial charge in [-0.05, 0) is 29.8 Å². The van der Waals surface area contributed by atoms with E-state index in [1.807, 2.05) is 36.1 Å². The van der Waals surface area contributed by atoms with E-state index in [2.05, 4.69) is 5.32 Å². The zero-order valence-electron chi connectivity index (χ0n) is 14.2. The van der Waals surface area contributed by atoms with Gasteiger partial charge in [-0.1, -0.05) is 42.8 Å². The number of piperazine rings is 1. The summed E-state index contributed by atoms with van der Waals surface area (Å²) in [5, 5.41) is 4.00. The summed E-state index contributed by atoms with van der Waals surface area (Å²) in [6.45, 7) is 3.91. The molecule has 0 saturated carbocycles. The molecule has 0 aromatic heterocycles. The summed E-state index contributed by atoms with van der Waals surface area (Å²) in [4.78, 5) is 26.6. The van der Waals surface area contributed by atoms with Crippen molar-refractivity contribution in [3.05, 3.63) is 70.2 Å². The molecule has 3 rings (SSSR count). The lowest BCUT2D eigenvalue weighted by molar-refractivity contribution is 0.0634. The number of rotatable bonds is 4. The zero-order chi connectivity index (χ0) is 17.8. The van der Waals surface area contributed by atoms with Crippen molar-refractivity contribution in [2.75, 3.05) is 19.6 Å². The molecule has 2 aromatic rings. The Hall–Kier alpha value is -2.17. The van der Waals surface area contributed by atoms with Gasteiger partial charge in [0.25, 0.3) is 5.91 Å². The van der Waals surface area contributed by atoms with Gasteiger partial charge in [0.15, 0.2) is 5.78 Å². The molecule has 0 radical (unpaired) electrons. The minimum absolute atomic E-state index is 0.0260. The van der Waals surface area contributed by atoms with Crippen LogP contribution in [0.15, 0.2) is 48.5 Å². The Morgan fingerprint density at radius 2 is 1.88 bits per heavy atom. The van der Waals surface area contributed by atoms with Crippen LogP contribution in [0.25, 0.3) is 0 Å². The Bertz CT molecular complexity index is 774. The van der Waals surface area contributed by atoms with Gasteiger partial charge in [0.2, 0.25) is 0 Å². The molecule has 25 heavy (non-hydrogen) atoms. The Morgan fingerprint density at radius 3 is 2.56 bits per heavy atom. The van der Waals surface area contributed by atoms with Gasteiger partial charge in [-0.25, -0.2) is 0 Å². The highest BCUT2D eigenvalue weighted by Crippen LogP contribution is 2.26. The van der Waals surface area contributed by atoms with Crippen molar-refractivity contribution in [3.8, 4) is 0 Å². The fourth-order valence-corrected chi connectivity index (χ4v) is 3.33. The second-order valence-corrected chi connectivity index (χ2v) is 6.56. The van der Waals surface area contributed by atoms with E-state index in [0.717, 1.165) is 12.1 Å². The fourth-order valence-electron chi connectivity index (χ4n) is 3.13. The maximum atomic E-state index is 13.0. The second kappa shape index (κ2) is 7.81. The van der Waals surface area contributed by atoms with Crippen molar-refractivity contribution < 1.29 is 9.59 Å². The van der Waals surface area contributed by atoms with Crippen LogP contribution in [0.2, 0.25) is 5.02 Å². The number of halogens is 1. The molecule has 0 bridgehead atoms. The SMILES string of the molecule is CCC(=O)c1ccc(C(=O)N2CCNCC2c2cccc(Cl)c2)cc1. The first kappa shape index (κ1) is 17.6. The third-order valence-electron chi connectivity index (χ3n) is 4.51. The molecule has 0 aliphatic carbocycles. The van der Waals surface area contributed by atoms with Gasteiger partial charge >= 0.3 is 0 Å². The zero-order valence-corrected chi connectivity index (χ0v) is 14.9. The molecule has 1 atom stereocenters. The topological polar surface area (TPSA) is 49.4 Å². The third kappa shape index (κ3) is 3.91. The molecule has 1 heterocycles. The number of carbonyl (C=O) groups is 2. The summed E-state index contributed by atoms with van der Waals surface area (Å²) < 4.78 is 0. The number of Topliss-reactive ketones (excluding diaryl/α,β-unsaturated/α-hetero) is 1. The molecule has 2 aromatic carbocycles. The number of carbonyl (C=O) groups excluding carboxylic acids is 2. The van der Waals surface area contributed by atoms with Gasteiger partial charge in [-0.15, -0.1) is 0 Å². The molecule has 130 valence electrons. The highest BCUT2D eigenvalue weighted by molar-refractivity contribution is 6.30. The summed E-state index contributed by atoms with van der Waals surface area (Å²) in [7, 11) is 0. The quantitative estimate of drug-likeness (QED) is 0.849. The van der Waals surface area contributed by atoms with E-state index in [9.17, 15) is 9.59 Å². The molecule has 1 aliphatic heterocycles. The van der Waals surface area contributed by atoms with Gasteiger partial charge < -0.3 is 10.2 Å². The van der Waals surface area contributed by atoms with Crippen LogP contribution >= 0.6 is 11.6 Å². The van der Waals surface area contributed by atoms with Crippen LogP contribution in [0.3, 0.4) is 0 Å². The molecule has 5 heteroatoms. The van der Waals surface area contributed by atoms with Gasteiger partial charge in [-0.3, -0.25) is 9.59 Å². The minimum Gasteiger partial charge on any atom is -0.329 e. The Labute approximate surface area is 152 Å². The largest absolute Gasteiger partial charge is 0.329 e. The van der Waals surface area contributed by atoms with E-state index < -0.39 is 0 Å². The Morgan fingerprint density at radius 1 is 1.16 bits per heavy atom. The average molecular weight is 357 g/mol. The molecule has 1 fully saturated rings. The lowest BCUT2D eigenvalue weighted by Crippen LogP contribution is -2.48. The van der Waals surface area contributed by atoms with Crippen LogP contribution in [0.1, 0.15) is 45.7 Å². The normalized spacial score (nSPS) is 17.4. The first-order valence-electron chi connectivity index (χ1n) is 8.50. The molecule has 0 spiro atoms. The van der Waals surface area contributed by atoms with Crippen LogP contribution in [0, 0.1) is 0 Å². The van der Waals surface area contributed by atoms with Crippen LogP contribution in [-0.2, 0) is 0 Å². The Balaban J connectivity index is 1.84. The van der Waals surface area contributed by atoms with Crippen molar-refractivity contribution in [1.82, 2.24) is 10.2 Å². The van der Waals surface area contributed by atoms with E-state index >= 15 is 0 Å². The smallest absolute Gasteiger partial charge is 0.254 e. The second-order valence-electron chi connectivity index (χ2n) is 6.13. The van der Waals surface area contributed by atoms with E-state index in [1.54, 1.807) is 24.3 Å². The number of nitrogens with zero attached hydrogens (tertiary/aromatic N) is 1. The number of hydrogen-bond acceptors (Lipinski definition) is 3. The van der Waals surface area contributed by atoms with Crippen molar-refractivity contribution in [2.24, 2.45) is 0 Å².